The Morgan fingerprint density at radius 2 is 2.22 bits per heavy atom. The normalized spacial score (nSPS) is 10.3. The number of aryl methyl sites for hydroxylation is 1. The highest BCUT2D eigenvalue weighted by molar-refractivity contribution is 5.66. The minimum absolute atomic E-state index is 0.159. The first kappa shape index (κ1) is 12.2. The molecule has 94 valence electrons. The fraction of sp³-hybridized carbons (Fsp3) is 0.231. The monoisotopic (exact) mass is 246 g/mol. The Kier molecular flexibility index (Phi) is 3.62. The molecule has 5 nitrogen and oxygen atoms in total. The molecule has 0 amide bonds. The summed E-state index contributed by atoms with van der Waals surface area (Å²) < 4.78 is 6.89. The van der Waals surface area contributed by atoms with E-state index in [4.69, 9.17) is 9.84 Å². The molecule has 18 heavy (non-hydrogen) atoms. The molecule has 5 heteroatoms. The molecule has 0 radical (unpaired) electrons. The number of nitrogens with zero attached hydrogens (tertiary/aromatic N) is 2. The number of hydrogen-bond acceptors (Lipinski definition) is 3. The number of carboxylic acid groups (broad SMARTS) is 1. The Hall–Kier alpha value is -2.30. The van der Waals surface area contributed by atoms with Crippen molar-refractivity contribution in [2.24, 2.45) is 0 Å². The summed E-state index contributed by atoms with van der Waals surface area (Å²) in [7, 11) is 0. The molecule has 1 aromatic carbocycles. The Bertz CT molecular complexity index is 549. The van der Waals surface area contributed by atoms with E-state index in [0.29, 0.717) is 12.4 Å². The van der Waals surface area contributed by atoms with Crippen LogP contribution in [0, 0.1) is 6.92 Å². The van der Waals surface area contributed by atoms with E-state index < -0.39 is 5.97 Å². The molecule has 0 unspecified atom stereocenters. The molecule has 1 N–H and O–H groups in total. The Morgan fingerprint density at radius 3 is 2.94 bits per heavy atom. The molecule has 0 saturated heterocycles. The fourth-order valence-corrected chi connectivity index (χ4v) is 1.58. The lowest BCUT2D eigenvalue weighted by Gasteiger charge is -2.06. The summed E-state index contributed by atoms with van der Waals surface area (Å²) in [6, 6.07) is 7.95. The highest BCUT2D eigenvalue weighted by Gasteiger charge is 2.04. The van der Waals surface area contributed by atoms with Gasteiger partial charge in [-0.25, -0.2) is 0 Å². The lowest BCUT2D eigenvalue weighted by molar-refractivity contribution is -0.137. The molecule has 0 aliphatic rings. The van der Waals surface area contributed by atoms with Crippen molar-refractivity contribution in [2.45, 2.75) is 20.1 Å². The maximum absolute atomic E-state index is 10.5. The van der Waals surface area contributed by atoms with Gasteiger partial charge in [-0.1, -0.05) is 24.3 Å². The number of benzene rings is 1. The molecule has 2 aromatic rings. The lowest BCUT2D eigenvalue weighted by atomic mass is 10.1. The van der Waals surface area contributed by atoms with Gasteiger partial charge in [-0.2, -0.15) is 5.10 Å². The second-order valence-corrected chi connectivity index (χ2v) is 3.98. The molecule has 0 atom stereocenters. The van der Waals surface area contributed by atoms with Gasteiger partial charge >= 0.3 is 5.97 Å². The topological polar surface area (TPSA) is 64.4 Å². The smallest absolute Gasteiger partial charge is 0.325 e. The first-order valence-corrected chi connectivity index (χ1v) is 5.56. The van der Waals surface area contributed by atoms with Crippen LogP contribution < -0.4 is 4.74 Å². The summed E-state index contributed by atoms with van der Waals surface area (Å²) >= 11 is 0. The van der Waals surface area contributed by atoms with Gasteiger partial charge in [0.2, 0.25) is 0 Å². The number of carbonyl (C=O) groups is 1. The molecular weight excluding hydrogens is 232 g/mol. The summed E-state index contributed by atoms with van der Waals surface area (Å²) in [6.07, 6.45) is 3.09. The maximum Gasteiger partial charge on any atom is 0.325 e. The van der Waals surface area contributed by atoms with Gasteiger partial charge in [-0.05, 0) is 18.1 Å². The van der Waals surface area contributed by atoms with E-state index in [1.165, 1.54) is 10.9 Å². The average molecular weight is 246 g/mol. The second kappa shape index (κ2) is 5.35. The molecule has 2 rings (SSSR count). The fourth-order valence-electron chi connectivity index (χ4n) is 1.58. The number of ether oxygens (including phenoxy) is 1. The Morgan fingerprint density at radius 1 is 1.44 bits per heavy atom. The van der Waals surface area contributed by atoms with E-state index in [0.717, 1.165) is 11.1 Å². The van der Waals surface area contributed by atoms with Crippen LogP contribution in [0.4, 0.5) is 0 Å². The predicted molar refractivity (Wildman–Crippen MR) is 65.4 cm³/mol. The predicted octanol–water partition coefficient (Wildman–Crippen LogP) is 1.86. The lowest BCUT2D eigenvalue weighted by Crippen LogP contribution is -2.08. The summed E-state index contributed by atoms with van der Waals surface area (Å²) in [5, 5.41) is 12.5. The van der Waals surface area contributed by atoms with Crippen molar-refractivity contribution in [1.29, 1.82) is 0 Å². The highest BCUT2D eigenvalue weighted by Crippen LogP contribution is 2.13. The van der Waals surface area contributed by atoms with Crippen molar-refractivity contribution in [3.63, 3.8) is 0 Å². The van der Waals surface area contributed by atoms with Crippen LogP contribution in [-0.2, 0) is 17.9 Å². The number of hydrogen-bond donors (Lipinski definition) is 1. The molecule has 0 bridgehead atoms. The highest BCUT2D eigenvalue weighted by atomic mass is 16.5. The van der Waals surface area contributed by atoms with Crippen LogP contribution >= 0.6 is 0 Å². The summed E-state index contributed by atoms with van der Waals surface area (Å²) in [5.41, 5.74) is 2.26. The van der Waals surface area contributed by atoms with E-state index in [-0.39, 0.29) is 6.54 Å². The van der Waals surface area contributed by atoms with Crippen LogP contribution in [0.25, 0.3) is 0 Å². The number of aliphatic carboxylic acids is 1. The zero-order chi connectivity index (χ0) is 13.0. The zero-order valence-electron chi connectivity index (χ0n) is 10.0. The van der Waals surface area contributed by atoms with E-state index >= 15 is 0 Å². The third-order valence-electron chi connectivity index (χ3n) is 2.56. The molecule has 0 fully saturated rings. The quantitative estimate of drug-likeness (QED) is 0.874. The van der Waals surface area contributed by atoms with Crippen LogP contribution in [-0.4, -0.2) is 20.9 Å². The average Bonchev–Trinajstić information content (AvgIpc) is 2.75. The van der Waals surface area contributed by atoms with Crippen LogP contribution in [0.3, 0.4) is 0 Å². The van der Waals surface area contributed by atoms with Crippen LogP contribution in [0.1, 0.15) is 11.1 Å². The molecule has 0 aliphatic carbocycles. The van der Waals surface area contributed by atoms with Gasteiger partial charge in [-0.15, -0.1) is 0 Å². The SMILES string of the molecule is Cc1ccccc1COc1cnn(CC(=O)O)c1. The van der Waals surface area contributed by atoms with Crippen LogP contribution in [0.5, 0.6) is 5.75 Å². The van der Waals surface area contributed by atoms with Crippen molar-refractivity contribution in [3.8, 4) is 5.75 Å². The second-order valence-electron chi connectivity index (χ2n) is 3.98. The van der Waals surface area contributed by atoms with Crippen molar-refractivity contribution in [2.75, 3.05) is 0 Å². The first-order valence-electron chi connectivity index (χ1n) is 5.56. The van der Waals surface area contributed by atoms with Gasteiger partial charge in [0.15, 0.2) is 5.75 Å². The summed E-state index contributed by atoms with van der Waals surface area (Å²) in [4.78, 5) is 10.5. The van der Waals surface area contributed by atoms with Crippen LogP contribution in [0.2, 0.25) is 0 Å². The number of aromatic nitrogens is 2. The van der Waals surface area contributed by atoms with Gasteiger partial charge in [-0.3, -0.25) is 9.48 Å². The number of carboxylic acids is 1. The third-order valence-corrected chi connectivity index (χ3v) is 2.56. The molecule has 1 aromatic heterocycles. The maximum atomic E-state index is 10.5. The number of rotatable bonds is 5. The van der Waals surface area contributed by atoms with E-state index in [9.17, 15) is 4.79 Å². The van der Waals surface area contributed by atoms with Gasteiger partial charge in [0.05, 0.1) is 12.4 Å². The molecular formula is C13H14N2O3. The largest absolute Gasteiger partial charge is 0.486 e. The van der Waals surface area contributed by atoms with Crippen LogP contribution in [0.15, 0.2) is 36.7 Å². The van der Waals surface area contributed by atoms with E-state index in [1.807, 2.05) is 31.2 Å². The zero-order valence-corrected chi connectivity index (χ0v) is 10.0. The molecule has 0 saturated carbocycles. The first-order chi connectivity index (χ1) is 8.65. The van der Waals surface area contributed by atoms with Crippen molar-refractivity contribution >= 4 is 5.97 Å². The van der Waals surface area contributed by atoms with Gasteiger partial charge in [0, 0.05) is 0 Å². The Labute approximate surface area is 105 Å². The minimum atomic E-state index is -0.927. The summed E-state index contributed by atoms with van der Waals surface area (Å²) in [6.45, 7) is 2.31. The molecule has 1 heterocycles. The van der Waals surface area contributed by atoms with Gasteiger partial charge in [0.25, 0.3) is 0 Å². The summed E-state index contributed by atoms with van der Waals surface area (Å²) in [5.74, 6) is -0.358. The van der Waals surface area contributed by atoms with Crippen molar-refractivity contribution in [3.05, 3.63) is 47.8 Å². The van der Waals surface area contributed by atoms with E-state index in [1.54, 1.807) is 6.20 Å². The minimum Gasteiger partial charge on any atom is -0.486 e. The van der Waals surface area contributed by atoms with Gasteiger partial charge < -0.3 is 9.84 Å². The third kappa shape index (κ3) is 3.10. The molecule has 0 aliphatic heterocycles. The van der Waals surface area contributed by atoms with E-state index in [2.05, 4.69) is 5.10 Å². The molecule has 0 spiro atoms. The van der Waals surface area contributed by atoms with Gasteiger partial charge in [0.1, 0.15) is 13.2 Å². The van der Waals surface area contributed by atoms with Crippen molar-refractivity contribution < 1.29 is 14.6 Å². The Balaban J connectivity index is 1.96. The standard InChI is InChI=1S/C13H14N2O3/c1-10-4-2-3-5-11(10)9-18-12-6-14-15(7-12)8-13(16)17/h2-7H,8-9H2,1H3,(H,16,17). The van der Waals surface area contributed by atoms with Crippen molar-refractivity contribution in [1.82, 2.24) is 9.78 Å².